The predicted octanol–water partition coefficient (Wildman–Crippen LogP) is 4.01. The summed E-state index contributed by atoms with van der Waals surface area (Å²) >= 11 is 0. The van der Waals surface area contributed by atoms with Crippen molar-refractivity contribution in [2.75, 3.05) is 13.2 Å². The molecule has 2 heterocycles. The largest absolute Gasteiger partial charge is 0.481 e. The molecule has 8 heteroatoms. The van der Waals surface area contributed by atoms with Crippen LogP contribution in [0.5, 0.6) is 0 Å². The minimum atomic E-state index is -3.68. The lowest BCUT2D eigenvalue weighted by Crippen LogP contribution is -2.45. The Balaban J connectivity index is 1.62. The van der Waals surface area contributed by atoms with E-state index >= 15 is 4.39 Å². The van der Waals surface area contributed by atoms with Gasteiger partial charge in [-0.3, -0.25) is 4.79 Å². The first-order valence-electron chi connectivity index (χ1n) is 10.9. The monoisotopic (exact) mass is 461 g/mol. The Morgan fingerprint density at radius 2 is 1.84 bits per heavy atom. The van der Waals surface area contributed by atoms with Crippen molar-refractivity contribution >= 4 is 16.0 Å². The van der Waals surface area contributed by atoms with Gasteiger partial charge in [-0.25, -0.2) is 12.8 Å². The van der Waals surface area contributed by atoms with Gasteiger partial charge >= 0.3 is 5.97 Å². The topological polar surface area (TPSA) is 83.9 Å². The van der Waals surface area contributed by atoms with Crippen molar-refractivity contribution in [1.29, 1.82) is 0 Å². The SMILES string of the molecule is C[C@H]1CC[C@@H](c2ccccc2)S(=O)(=O)N1Cc1ccc(C2(C(=O)O)CCOCC2)cc1F. The Morgan fingerprint density at radius 1 is 1.16 bits per heavy atom. The van der Waals surface area contributed by atoms with Crippen LogP contribution in [0.1, 0.15) is 54.5 Å². The van der Waals surface area contributed by atoms with Crippen molar-refractivity contribution in [3.63, 3.8) is 0 Å². The molecule has 0 saturated carbocycles. The van der Waals surface area contributed by atoms with Gasteiger partial charge in [0.05, 0.1) is 5.41 Å². The number of sulfonamides is 1. The molecule has 0 amide bonds. The Kier molecular flexibility index (Phi) is 6.38. The van der Waals surface area contributed by atoms with Crippen molar-refractivity contribution in [3.8, 4) is 0 Å². The minimum Gasteiger partial charge on any atom is -0.481 e. The number of carboxylic acids is 1. The maximum Gasteiger partial charge on any atom is 0.314 e. The maximum atomic E-state index is 15.1. The summed E-state index contributed by atoms with van der Waals surface area (Å²) in [5, 5.41) is 9.19. The summed E-state index contributed by atoms with van der Waals surface area (Å²) in [7, 11) is -3.68. The lowest BCUT2D eigenvalue weighted by atomic mass is 9.74. The number of aliphatic carboxylic acids is 1. The van der Waals surface area contributed by atoms with Crippen LogP contribution in [0.2, 0.25) is 0 Å². The molecule has 0 aliphatic carbocycles. The lowest BCUT2D eigenvalue weighted by Gasteiger charge is -2.38. The van der Waals surface area contributed by atoms with E-state index in [-0.39, 0.29) is 31.0 Å². The highest BCUT2D eigenvalue weighted by Crippen LogP contribution is 2.39. The van der Waals surface area contributed by atoms with Gasteiger partial charge in [-0.2, -0.15) is 4.31 Å². The van der Waals surface area contributed by atoms with E-state index in [9.17, 15) is 18.3 Å². The first-order chi connectivity index (χ1) is 15.3. The van der Waals surface area contributed by atoms with Gasteiger partial charge in [0.25, 0.3) is 0 Å². The summed E-state index contributed by atoms with van der Waals surface area (Å²) in [6.07, 6.45) is 1.75. The molecule has 0 unspecified atom stereocenters. The number of halogens is 1. The minimum absolute atomic E-state index is 0.0812. The van der Waals surface area contributed by atoms with Gasteiger partial charge in [0.1, 0.15) is 11.1 Å². The molecule has 0 aromatic heterocycles. The zero-order valence-corrected chi connectivity index (χ0v) is 18.9. The first kappa shape index (κ1) is 22.9. The zero-order valence-electron chi connectivity index (χ0n) is 18.0. The normalized spacial score (nSPS) is 25.3. The summed E-state index contributed by atoms with van der Waals surface area (Å²) in [5.41, 5.74) is 0.195. The van der Waals surface area contributed by atoms with E-state index < -0.39 is 32.5 Å². The van der Waals surface area contributed by atoms with E-state index in [4.69, 9.17) is 4.74 Å². The quantitative estimate of drug-likeness (QED) is 0.727. The van der Waals surface area contributed by atoms with Crippen LogP contribution in [-0.4, -0.2) is 43.1 Å². The number of nitrogens with zero attached hydrogens (tertiary/aromatic N) is 1. The summed E-state index contributed by atoms with van der Waals surface area (Å²) in [6.45, 7) is 2.37. The van der Waals surface area contributed by atoms with Gasteiger partial charge in [-0.05, 0) is 49.8 Å². The van der Waals surface area contributed by atoms with Crippen molar-refractivity contribution in [3.05, 3.63) is 71.0 Å². The van der Waals surface area contributed by atoms with Crippen LogP contribution in [0, 0.1) is 5.82 Å². The van der Waals surface area contributed by atoms with Crippen molar-refractivity contribution in [1.82, 2.24) is 4.31 Å². The first-order valence-corrected chi connectivity index (χ1v) is 12.4. The maximum absolute atomic E-state index is 15.1. The Bertz CT molecular complexity index is 1080. The number of hydrogen-bond acceptors (Lipinski definition) is 4. The van der Waals surface area contributed by atoms with Gasteiger partial charge in [-0.1, -0.05) is 42.5 Å². The van der Waals surface area contributed by atoms with Crippen LogP contribution in [0.25, 0.3) is 0 Å². The fourth-order valence-electron chi connectivity index (χ4n) is 4.84. The molecule has 1 N–H and O–H groups in total. The van der Waals surface area contributed by atoms with Crippen LogP contribution >= 0.6 is 0 Å². The summed E-state index contributed by atoms with van der Waals surface area (Å²) in [5.74, 6) is -1.58. The number of ether oxygens (including phenoxy) is 1. The molecule has 172 valence electrons. The van der Waals surface area contributed by atoms with Crippen LogP contribution in [-0.2, 0) is 31.5 Å². The van der Waals surface area contributed by atoms with Crippen LogP contribution in [0.15, 0.2) is 48.5 Å². The molecule has 6 nitrogen and oxygen atoms in total. The molecule has 32 heavy (non-hydrogen) atoms. The number of carboxylic acid groups (broad SMARTS) is 1. The molecule has 0 bridgehead atoms. The second-order valence-corrected chi connectivity index (χ2v) is 10.8. The van der Waals surface area contributed by atoms with E-state index in [1.807, 2.05) is 37.3 Å². The Hall–Kier alpha value is -2.29. The third-order valence-electron chi connectivity index (χ3n) is 6.88. The molecule has 4 rings (SSSR count). The fraction of sp³-hybridized carbons (Fsp3) is 0.458. The Labute approximate surface area is 188 Å². The molecular weight excluding hydrogens is 433 g/mol. The molecule has 2 aromatic rings. The predicted molar refractivity (Wildman–Crippen MR) is 118 cm³/mol. The highest BCUT2D eigenvalue weighted by atomic mass is 32.2. The van der Waals surface area contributed by atoms with Crippen LogP contribution < -0.4 is 0 Å². The summed E-state index contributed by atoms with van der Waals surface area (Å²) < 4.78 is 48.6. The van der Waals surface area contributed by atoms with E-state index in [0.29, 0.717) is 31.6 Å². The molecule has 0 spiro atoms. The third kappa shape index (κ3) is 4.07. The molecule has 2 saturated heterocycles. The highest BCUT2D eigenvalue weighted by Gasteiger charge is 2.43. The van der Waals surface area contributed by atoms with Gasteiger partial charge in [0, 0.05) is 31.4 Å². The molecule has 2 atom stereocenters. The van der Waals surface area contributed by atoms with Crippen molar-refractivity contribution < 1.29 is 27.4 Å². The van der Waals surface area contributed by atoms with Gasteiger partial charge in [0.15, 0.2) is 0 Å². The molecule has 0 radical (unpaired) electrons. The van der Waals surface area contributed by atoms with Crippen LogP contribution in [0.4, 0.5) is 4.39 Å². The number of benzene rings is 2. The molecule has 2 aliphatic heterocycles. The van der Waals surface area contributed by atoms with E-state index in [2.05, 4.69) is 0 Å². The highest BCUT2D eigenvalue weighted by molar-refractivity contribution is 7.89. The average Bonchev–Trinajstić information content (AvgIpc) is 2.78. The van der Waals surface area contributed by atoms with Gasteiger partial charge in [0.2, 0.25) is 10.0 Å². The smallest absolute Gasteiger partial charge is 0.314 e. The zero-order chi connectivity index (χ0) is 22.9. The fourth-order valence-corrected chi connectivity index (χ4v) is 7.03. The molecule has 2 aromatic carbocycles. The van der Waals surface area contributed by atoms with E-state index in [1.165, 1.54) is 16.4 Å². The number of hydrogen-bond donors (Lipinski definition) is 1. The average molecular weight is 462 g/mol. The van der Waals surface area contributed by atoms with Crippen molar-refractivity contribution in [2.24, 2.45) is 0 Å². The van der Waals surface area contributed by atoms with Gasteiger partial charge < -0.3 is 9.84 Å². The van der Waals surface area contributed by atoms with Gasteiger partial charge in [-0.15, -0.1) is 0 Å². The second-order valence-electron chi connectivity index (χ2n) is 8.72. The standard InChI is InChI=1S/C24H28FNO5S/c1-17-7-10-22(18-5-3-2-4-6-18)32(29,30)26(17)16-19-8-9-20(15-21(19)25)24(23(27)28)11-13-31-14-12-24/h2-6,8-9,15,17,22H,7,10-14,16H2,1H3,(H,27,28)/t17-,22-/m0/s1. The van der Waals surface area contributed by atoms with Crippen LogP contribution in [0.3, 0.4) is 0 Å². The van der Waals surface area contributed by atoms with Crippen molar-refractivity contribution in [2.45, 2.75) is 55.9 Å². The molecule has 2 fully saturated rings. The second kappa shape index (κ2) is 8.92. The summed E-state index contributed by atoms with van der Waals surface area (Å²) in [4.78, 5) is 12.0. The third-order valence-corrected chi connectivity index (χ3v) is 9.25. The Morgan fingerprint density at radius 3 is 2.47 bits per heavy atom. The lowest BCUT2D eigenvalue weighted by molar-refractivity contribution is -0.147. The summed E-state index contributed by atoms with van der Waals surface area (Å²) in [6, 6.07) is 13.3. The van der Waals surface area contributed by atoms with E-state index in [1.54, 1.807) is 6.07 Å². The van der Waals surface area contributed by atoms with E-state index in [0.717, 1.165) is 5.56 Å². The number of carbonyl (C=O) groups is 1. The molecular formula is C24H28FNO5S. The number of rotatable bonds is 5. The molecule has 2 aliphatic rings.